The number of carbonyl (C=O) groups is 1. The van der Waals surface area contributed by atoms with Crippen LogP contribution in [-0.4, -0.2) is 60.2 Å². The molecule has 2 aliphatic heterocycles. The van der Waals surface area contributed by atoms with Crippen LogP contribution in [0.1, 0.15) is 12.8 Å². The predicted molar refractivity (Wildman–Crippen MR) is 96.9 cm³/mol. The summed E-state index contributed by atoms with van der Waals surface area (Å²) in [5, 5.41) is 0.664. The molecule has 0 bridgehead atoms. The van der Waals surface area contributed by atoms with Crippen molar-refractivity contribution in [3.63, 3.8) is 0 Å². The lowest BCUT2D eigenvalue weighted by molar-refractivity contribution is -0.140. The molecule has 25 heavy (non-hydrogen) atoms. The Morgan fingerprint density at radius 3 is 2.64 bits per heavy atom. The Balaban J connectivity index is 1.41. The zero-order valence-electron chi connectivity index (χ0n) is 14.0. The molecule has 0 aliphatic carbocycles. The van der Waals surface area contributed by atoms with E-state index in [-0.39, 0.29) is 11.8 Å². The molecule has 1 aromatic carbocycles. The van der Waals surface area contributed by atoms with Crippen molar-refractivity contribution in [1.29, 1.82) is 0 Å². The van der Waals surface area contributed by atoms with Gasteiger partial charge < -0.3 is 14.5 Å². The summed E-state index contributed by atoms with van der Waals surface area (Å²) in [6.07, 6.45) is 3.51. The van der Waals surface area contributed by atoms with Gasteiger partial charge in [-0.25, -0.2) is 4.98 Å². The molecule has 7 heteroatoms. The average molecular weight is 361 g/mol. The van der Waals surface area contributed by atoms with Gasteiger partial charge in [-0.1, -0.05) is 11.6 Å². The standard InChI is InChI=1S/C18H21ClN4O2/c19-14-1-2-15-16(11-14)20-12-17(21-15)22-5-3-13(4-6-22)18(24)23-7-9-25-10-8-23/h1-2,11-13H,3-10H2. The van der Waals surface area contributed by atoms with Crippen molar-refractivity contribution in [2.45, 2.75) is 12.8 Å². The van der Waals surface area contributed by atoms with Gasteiger partial charge in [0, 0.05) is 37.1 Å². The number of rotatable bonds is 2. The fourth-order valence-corrected chi connectivity index (χ4v) is 3.69. The largest absolute Gasteiger partial charge is 0.378 e. The Hall–Kier alpha value is -1.92. The molecule has 0 radical (unpaired) electrons. The number of hydrogen-bond donors (Lipinski definition) is 0. The molecule has 2 fully saturated rings. The highest BCUT2D eigenvalue weighted by molar-refractivity contribution is 6.31. The maximum absolute atomic E-state index is 12.6. The molecule has 0 spiro atoms. The van der Waals surface area contributed by atoms with Crippen LogP contribution in [0.5, 0.6) is 0 Å². The summed E-state index contributed by atoms with van der Waals surface area (Å²) in [5.74, 6) is 1.26. The van der Waals surface area contributed by atoms with Crippen LogP contribution in [0.25, 0.3) is 11.0 Å². The minimum absolute atomic E-state index is 0.113. The highest BCUT2D eigenvalue weighted by Gasteiger charge is 2.29. The first kappa shape index (κ1) is 16.5. The lowest BCUT2D eigenvalue weighted by Crippen LogP contribution is -2.46. The number of anilines is 1. The van der Waals surface area contributed by atoms with Gasteiger partial charge in [-0.3, -0.25) is 9.78 Å². The molecular formula is C18H21ClN4O2. The molecular weight excluding hydrogens is 340 g/mol. The zero-order chi connectivity index (χ0) is 17.2. The van der Waals surface area contributed by atoms with Gasteiger partial charge in [0.2, 0.25) is 5.91 Å². The van der Waals surface area contributed by atoms with Gasteiger partial charge in [0.25, 0.3) is 0 Å². The number of halogens is 1. The molecule has 1 amide bonds. The fraction of sp³-hybridized carbons (Fsp3) is 0.500. The van der Waals surface area contributed by atoms with E-state index in [0.717, 1.165) is 55.9 Å². The van der Waals surface area contributed by atoms with Crippen LogP contribution in [0, 0.1) is 5.92 Å². The normalized spacial score (nSPS) is 19.4. The number of ether oxygens (including phenoxy) is 1. The number of fused-ring (bicyclic) bond motifs is 1. The highest BCUT2D eigenvalue weighted by atomic mass is 35.5. The summed E-state index contributed by atoms with van der Waals surface area (Å²) in [5.41, 5.74) is 1.64. The Bertz CT molecular complexity index is 771. The Kier molecular flexibility index (Phi) is 4.72. The second-order valence-electron chi connectivity index (χ2n) is 6.56. The topological polar surface area (TPSA) is 58.6 Å². The van der Waals surface area contributed by atoms with Gasteiger partial charge >= 0.3 is 0 Å². The molecule has 4 rings (SSSR count). The van der Waals surface area contributed by atoms with Crippen molar-refractivity contribution in [3.8, 4) is 0 Å². The molecule has 2 saturated heterocycles. The molecule has 0 N–H and O–H groups in total. The van der Waals surface area contributed by atoms with Crippen molar-refractivity contribution in [2.24, 2.45) is 5.92 Å². The molecule has 3 heterocycles. The molecule has 0 saturated carbocycles. The first-order valence-electron chi connectivity index (χ1n) is 8.74. The SMILES string of the molecule is O=C(C1CCN(c2cnc3cc(Cl)ccc3n2)CC1)N1CCOCC1. The van der Waals surface area contributed by atoms with Gasteiger partial charge in [-0.05, 0) is 31.0 Å². The second-order valence-corrected chi connectivity index (χ2v) is 7.00. The van der Waals surface area contributed by atoms with E-state index in [1.165, 1.54) is 0 Å². The number of amides is 1. The number of piperidine rings is 1. The van der Waals surface area contributed by atoms with Gasteiger partial charge in [0.15, 0.2) is 0 Å². The summed E-state index contributed by atoms with van der Waals surface area (Å²) < 4.78 is 5.33. The Morgan fingerprint density at radius 2 is 1.88 bits per heavy atom. The summed E-state index contributed by atoms with van der Waals surface area (Å²) in [6, 6.07) is 5.54. The lowest BCUT2D eigenvalue weighted by atomic mass is 9.95. The molecule has 132 valence electrons. The number of nitrogens with zero attached hydrogens (tertiary/aromatic N) is 4. The lowest BCUT2D eigenvalue weighted by Gasteiger charge is -2.35. The van der Waals surface area contributed by atoms with Gasteiger partial charge in [0.1, 0.15) is 5.82 Å². The smallest absolute Gasteiger partial charge is 0.225 e. The van der Waals surface area contributed by atoms with E-state index in [9.17, 15) is 4.79 Å². The molecule has 2 aromatic rings. The van der Waals surface area contributed by atoms with Crippen LogP contribution < -0.4 is 4.90 Å². The van der Waals surface area contributed by atoms with Gasteiger partial charge in [-0.15, -0.1) is 0 Å². The Labute approximate surface area is 151 Å². The molecule has 6 nitrogen and oxygen atoms in total. The average Bonchev–Trinajstić information content (AvgIpc) is 2.68. The third kappa shape index (κ3) is 3.55. The van der Waals surface area contributed by atoms with E-state index >= 15 is 0 Å². The van der Waals surface area contributed by atoms with Crippen molar-refractivity contribution >= 4 is 34.4 Å². The predicted octanol–water partition coefficient (Wildman–Crippen LogP) is 2.36. The third-order valence-corrected chi connectivity index (χ3v) is 5.22. The molecule has 1 aromatic heterocycles. The number of aromatic nitrogens is 2. The molecule has 2 aliphatic rings. The van der Waals surface area contributed by atoms with Gasteiger partial charge in [-0.2, -0.15) is 0 Å². The summed E-state index contributed by atoms with van der Waals surface area (Å²) in [7, 11) is 0. The molecule has 0 unspecified atom stereocenters. The number of morpholine rings is 1. The third-order valence-electron chi connectivity index (χ3n) is 4.98. The van der Waals surface area contributed by atoms with Crippen LogP contribution in [0.4, 0.5) is 5.82 Å². The van der Waals surface area contributed by atoms with Crippen molar-refractivity contribution < 1.29 is 9.53 Å². The van der Waals surface area contributed by atoms with Crippen molar-refractivity contribution in [2.75, 3.05) is 44.3 Å². The van der Waals surface area contributed by atoms with Crippen molar-refractivity contribution in [3.05, 3.63) is 29.4 Å². The second kappa shape index (κ2) is 7.14. The van der Waals surface area contributed by atoms with E-state index in [2.05, 4.69) is 9.88 Å². The van der Waals surface area contributed by atoms with Crippen LogP contribution in [0.15, 0.2) is 24.4 Å². The van der Waals surface area contributed by atoms with E-state index in [1.807, 2.05) is 23.1 Å². The van der Waals surface area contributed by atoms with E-state index in [4.69, 9.17) is 21.3 Å². The summed E-state index contributed by atoms with van der Waals surface area (Å²) in [6.45, 7) is 4.40. The fourth-order valence-electron chi connectivity index (χ4n) is 3.52. The highest BCUT2D eigenvalue weighted by Crippen LogP contribution is 2.25. The van der Waals surface area contributed by atoms with E-state index < -0.39 is 0 Å². The first-order valence-corrected chi connectivity index (χ1v) is 9.12. The number of hydrogen-bond acceptors (Lipinski definition) is 5. The monoisotopic (exact) mass is 360 g/mol. The van der Waals surface area contributed by atoms with Crippen LogP contribution in [-0.2, 0) is 9.53 Å². The van der Waals surface area contributed by atoms with Crippen molar-refractivity contribution in [1.82, 2.24) is 14.9 Å². The van der Waals surface area contributed by atoms with E-state index in [0.29, 0.717) is 18.2 Å². The van der Waals surface area contributed by atoms with Crippen LogP contribution in [0.2, 0.25) is 5.02 Å². The number of benzene rings is 1. The summed E-state index contributed by atoms with van der Waals surface area (Å²) >= 11 is 5.99. The minimum Gasteiger partial charge on any atom is -0.378 e. The van der Waals surface area contributed by atoms with Gasteiger partial charge in [0.05, 0.1) is 30.4 Å². The minimum atomic E-state index is 0.113. The van der Waals surface area contributed by atoms with Crippen LogP contribution >= 0.6 is 11.6 Å². The Morgan fingerprint density at radius 1 is 1.12 bits per heavy atom. The number of carbonyl (C=O) groups excluding carboxylic acids is 1. The maximum Gasteiger partial charge on any atom is 0.225 e. The van der Waals surface area contributed by atoms with E-state index in [1.54, 1.807) is 6.20 Å². The summed E-state index contributed by atoms with van der Waals surface area (Å²) in [4.78, 5) is 25.9. The zero-order valence-corrected chi connectivity index (χ0v) is 14.8. The first-order chi connectivity index (χ1) is 12.2. The molecule has 0 atom stereocenters. The quantitative estimate of drug-likeness (QED) is 0.822. The van der Waals surface area contributed by atoms with Crippen LogP contribution in [0.3, 0.4) is 0 Å². The maximum atomic E-state index is 12.6.